The Bertz CT molecular complexity index is 1320. The van der Waals surface area contributed by atoms with Crippen LogP contribution in [0, 0.1) is 0 Å². The number of benzene rings is 1. The topological polar surface area (TPSA) is 101 Å². The number of aliphatic hydroxyl groups excluding tert-OH is 1. The molecular formula is C22H24N4O3S. The minimum absolute atomic E-state index is 0.0740. The van der Waals surface area contributed by atoms with Crippen LogP contribution in [0.2, 0.25) is 0 Å². The molecule has 0 spiro atoms. The lowest BCUT2D eigenvalue weighted by molar-refractivity contribution is 0.178. The smallest absolute Gasteiger partial charge is 0.226 e. The van der Waals surface area contributed by atoms with Gasteiger partial charge in [-0.05, 0) is 38.0 Å². The fourth-order valence-electron chi connectivity index (χ4n) is 4.56. The Kier molecular flexibility index (Phi) is 4.63. The van der Waals surface area contributed by atoms with E-state index in [0.29, 0.717) is 17.0 Å². The van der Waals surface area contributed by atoms with Crippen LogP contribution in [0.4, 0.5) is 0 Å². The Morgan fingerprint density at radius 3 is 2.53 bits per heavy atom. The van der Waals surface area contributed by atoms with E-state index in [-0.39, 0.29) is 16.0 Å². The van der Waals surface area contributed by atoms with Crippen molar-refractivity contribution >= 4 is 31.9 Å². The molecular weight excluding hydrogens is 400 g/mol. The number of hydrogen-bond donors (Lipinski definition) is 2. The number of nitrogens with one attached hydrogen (secondary N) is 1. The van der Waals surface area contributed by atoms with Gasteiger partial charge in [0.15, 0.2) is 5.03 Å². The van der Waals surface area contributed by atoms with Gasteiger partial charge in [-0.3, -0.25) is 0 Å². The number of aromatic amines is 1. The monoisotopic (exact) mass is 424 g/mol. The van der Waals surface area contributed by atoms with Crippen molar-refractivity contribution in [2.45, 2.75) is 61.1 Å². The van der Waals surface area contributed by atoms with Crippen LogP contribution in [-0.4, -0.2) is 33.0 Å². The molecule has 156 valence electrons. The highest BCUT2D eigenvalue weighted by molar-refractivity contribution is 7.91. The maximum Gasteiger partial charge on any atom is 0.226 e. The Balaban J connectivity index is 1.87. The zero-order chi connectivity index (χ0) is 20.9. The first kappa shape index (κ1) is 19.3. The number of fused-ring (bicyclic) bond motifs is 3. The number of pyridine rings is 1. The van der Waals surface area contributed by atoms with E-state index in [4.69, 9.17) is 0 Å². The fraction of sp³-hybridized carbons (Fsp3) is 0.364. The summed E-state index contributed by atoms with van der Waals surface area (Å²) in [5.74, 6) is 0.497. The van der Waals surface area contributed by atoms with Crippen molar-refractivity contribution in [3.05, 3.63) is 48.4 Å². The number of sulfone groups is 1. The SMILES string of the molecule is C[C@@H](O)c1nc2c(S(=O)(=O)c3ccccc3)nc3[nH]ccc3c2n1C1CCCCC1. The number of H-pyrrole nitrogens is 1. The number of rotatable bonds is 4. The Morgan fingerprint density at radius 1 is 1.10 bits per heavy atom. The minimum Gasteiger partial charge on any atom is -0.385 e. The molecule has 0 saturated heterocycles. The quantitative estimate of drug-likeness (QED) is 0.509. The molecule has 2 N–H and O–H groups in total. The van der Waals surface area contributed by atoms with Gasteiger partial charge in [0.2, 0.25) is 9.84 Å². The molecule has 0 amide bonds. The average Bonchev–Trinajstić information content (AvgIpc) is 3.38. The number of nitrogens with zero attached hydrogens (tertiary/aromatic N) is 3. The van der Waals surface area contributed by atoms with Gasteiger partial charge in [-0.2, -0.15) is 0 Å². The first-order valence-corrected chi connectivity index (χ1v) is 11.8. The van der Waals surface area contributed by atoms with Gasteiger partial charge < -0.3 is 14.7 Å². The lowest BCUT2D eigenvalue weighted by atomic mass is 9.95. The van der Waals surface area contributed by atoms with Gasteiger partial charge >= 0.3 is 0 Å². The van der Waals surface area contributed by atoms with Crippen LogP contribution >= 0.6 is 0 Å². The summed E-state index contributed by atoms with van der Waals surface area (Å²) in [5, 5.41) is 11.3. The largest absolute Gasteiger partial charge is 0.385 e. The molecule has 3 heterocycles. The second kappa shape index (κ2) is 7.21. The van der Waals surface area contributed by atoms with Crippen molar-refractivity contribution in [3.8, 4) is 0 Å². The molecule has 1 fully saturated rings. The van der Waals surface area contributed by atoms with Gasteiger partial charge in [-0.15, -0.1) is 0 Å². The Labute approximate surface area is 174 Å². The first-order chi connectivity index (χ1) is 14.5. The van der Waals surface area contributed by atoms with E-state index in [1.165, 1.54) is 6.42 Å². The van der Waals surface area contributed by atoms with E-state index in [9.17, 15) is 13.5 Å². The van der Waals surface area contributed by atoms with Crippen molar-refractivity contribution in [1.82, 2.24) is 19.5 Å². The summed E-state index contributed by atoms with van der Waals surface area (Å²) in [6.45, 7) is 1.67. The summed E-state index contributed by atoms with van der Waals surface area (Å²) in [6.07, 6.45) is 6.33. The average molecular weight is 425 g/mol. The molecule has 4 aromatic rings. The van der Waals surface area contributed by atoms with Gasteiger partial charge in [0.05, 0.1) is 10.4 Å². The molecule has 1 aliphatic carbocycles. The second-order valence-electron chi connectivity index (χ2n) is 7.98. The summed E-state index contributed by atoms with van der Waals surface area (Å²) >= 11 is 0. The highest BCUT2D eigenvalue weighted by Gasteiger charge is 2.31. The summed E-state index contributed by atoms with van der Waals surface area (Å²) in [6, 6.07) is 10.4. The Morgan fingerprint density at radius 2 is 1.83 bits per heavy atom. The third kappa shape index (κ3) is 2.94. The maximum absolute atomic E-state index is 13.5. The molecule has 7 nitrogen and oxygen atoms in total. The van der Waals surface area contributed by atoms with Crippen LogP contribution in [0.25, 0.3) is 22.1 Å². The molecule has 8 heteroatoms. The van der Waals surface area contributed by atoms with Crippen LogP contribution in [0.3, 0.4) is 0 Å². The standard InChI is InChI=1S/C22H24N4O3S/c1-14(27)21-24-18-19(26(21)15-8-4-2-5-9-15)17-12-13-23-20(17)25-22(18)30(28,29)16-10-6-3-7-11-16/h3,6-7,10-15,27H,2,4-5,8-9H2,1H3,(H,23,25)/t14-/m1/s1. The van der Waals surface area contributed by atoms with Crippen LogP contribution in [0.15, 0.2) is 52.5 Å². The summed E-state index contributed by atoms with van der Waals surface area (Å²) in [5.41, 5.74) is 1.57. The van der Waals surface area contributed by atoms with Gasteiger partial charge in [0, 0.05) is 17.6 Å². The van der Waals surface area contributed by atoms with E-state index >= 15 is 0 Å². The highest BCUT2D eigenvalue weighted by Crippen LogP contribution is 2.39. The van der Waals surface area contributed by atoms with E-state index in [1.807, 2.05) is 6.07 Å². The van der Waals surface area contributed by atoms with Crippen LogP contribution in [-0.2, 0) is 9.84 Å². The zero-order valence-electron chi connectivity index (χ0n) is 16.7. The van der Waals surface area contributed by atoms with Gasteiger partial charge in [0.25, 0.3) is 0 Å². The third-order valence-corrected chi connectivity index (χ3v) is 7.64. The molecule has 30 heavy (non-hydrogen) atoms. The van der Waals surface area contributed by atoms with Crippen molar-refractivity contribution in [2.75, 3.05) is 0 Å². The first-order valence-electron chi connectivity index (χ1n) is 10.4. The van der Waals surface area contributed by atoms with Crippen LogP contribution in [0.5, 0.6) is 0 Å². The molecule has 0 unspecified atom stereocenters. The van der Waals surface area contributed by atoms with E-state index in [0.717, 1.165) is 36.6 Å². The molecule has 1 aliphatic rings. The maximum atomic E-state index is 13.5. The molecule has 1 saturated carbocycles. The van der Waals surface area contributed by atoms with Crippen molar-refractivity contribution < 1.29 is 13.5 Å². The molecule has 0 bridgehead atoms. The highest BCUT2D eigenvalue weighted by atomic mass is 32.2. The van der Waals surface area contributed by atoms with Crippen molar-refractivity contribution in [3.63, 3.8) is 0 Å². The predicted octanol–water partition coefficient (Wildman–Crippen LogP) is 4.30. The summed E-state index contributed by atoms with van der Waals surface area (Å²) in [4.78, 5) is 12.4. The lowest BCUT2D eigenvalue weighted by Crippen LogP contribution is -2.17. The molecule has 5 rings (SSSR count). The zero-order valence-corrected chi connectivity index (χ0v) is 17.6. The van der Waals surface area contributed by atoms with Gasteiger partial charge in [-0.1, -0.05) is 37.5 Å². The molecule has 1 atom stereocenters. The minimum atomic E-state index is -3.88. The number of imidazole rings is 1. The summed E-state index contributed by atoms with van der Waals surface area (Å²) < 4.78 is 29.1. The van der Waals surface area contributed by atoms with Crippen molar-refractivity contribution in [1.29, 1.82) is 0 Å². The van der Waals surface area contributed by atoms with Gasteiger partial charge in [-0.25, -0.2) is 18.4 Å². The number of hydrogen-bond acceptors (Lipinski definition) is 5. The van der Waals surface area contributed by atoms with E-state index in [1.54, 1.807) is 43.5 Å². The van der Waals surface area contributed by atoms with Crippen LogP contribution in [0.1, 0.15) is 57.0 Å². The molecule has 0 radical (unpaired) electrons. The fourth-order valence-corrected chi connectivity index (χ4v) is 5.90. The second-order valence-corrected chi connectivity index (χ2v) is 9.84. The lowest BCUT2D eigenvalue weighted by Gasteiger charge is -2.26. The molecule has 0 aliphatic heterocycles. The number of aliphatic hydroxyl groups is 1. The van der Waals surface area contributed by atoms with Crippen LogP contribution < -0.4 is 0 Å². The molecule has 3 aromatic heterocycles. The summed E-state index contributed by atoms with van der Waals surface area (Å²) in [7, 11) is -3.88. The molecule has 1 aromatic carbocycles. The normalized spacial score (nSPS) is 17.0. The third-order valence-electron chi connectivity index (χ3n) is 5.96. The Hall–Kier alpha value is -2.71. The predicted molar refractivity (Wildman–Crippen MR) is 114 cm³/mol. The van der Waals surface area contributed by atoms with Crippen molar-refractivity contribution in [2.24, 2.45) is 0 Å². The van der Waals surface area contributed by atoms with E-state index < -0.39 is 15.9 Å². The van der Waals surface area contributed by atoms with Gasteiger partial charge in [0.1, 0.15) is 23.1 Å². The number of aromatic nitrogens is 4. The van der Waals surface area contributed by atoms with E-state index in [2.05, 4.69) is 19.5 Å².